The van der Waals surface area contributed by atoms with Gasteiger partial charge < -0.3 is 0 Å². The van der Waals surface area contributed by atoms with Crippen LogP contribution in [-0.2, 0) is 0 Å². The second-order valence-corrected chi connectivity index (χ2v) is 14.0. The summed E-state index contributed by atoms with van der Waals surface area (Å²) in [5, 5.41) is 13.1. The summed E-state index contributed by atoms with van der Waals surface area (Å²) in [6.07, 6.45) is 0. The first kappa shape index (κ1) is 26.5. The maximum absolute atomic E-state index is 2.50. The van der Waals surface area contributed by atoms with E-state index in [1.54, 1.807) is 0 Å². The van der Waals surface area contributed by atoms with Crippen LogP contribution in [0.4, 0.5) is 0 Å². The molecule has 0 radical (unpaired) electrons. The Labute approximate surface area is 289 Å². The van der Waals surface area contributed by atoms with Crippen molar-refractivity contribution in [2.45, 2.75) is 0 Å². The van der Waals surface area contributed by atoms with Crippen molar-refractivity contribution < 1.29 is 0 Å². The summed E-state index contributed by atoms with van der Waals surface area (Å²) in [4.78, 5) is 0. The van der Waals surface area contributed by atoms with E-state index in [2.05, 4.69) is 170 Å². The molecule has 0 aromatic heterocycles. The van der Waals surface area contributed by atoms with Gasteiger partial charge in [-0.3, -0.25) is 0 Å². The number of fused-ring (bicyclic) bond motifs is 11. The molecule has 10 aromatic carbocycles. The summed E-state index contributed by atoms with van der Waals surface area (Å²) in [7, 11) is 0. The van der Waals surface area contributed by atoms with E-state index in [-0.39, 0.29) is 0 Å². The van der Waals surface area contributed by atoms with Crippen molar-refractivity contribution in [3.8, 4) is 66.8 Å². The fraction of sp³-hybridized carbons (Fsp3) is 0. The lowest BCUT2D eigenvalue weighted by Crippen LogP contribution is -1.92. The first-order valence-electron chi connectivity index (χ1n) is 17.5. The van der Waals surface area contributed by atoms with Gasteiger partial charge in [0.2, 0.25) is 0 Å². The smallest absolute Gasteiger partial charge is 0.00139 e. The molecule has 0 aliphatic heterocycles. The molecule has 0 spiro atoms. The fourth-order valence-electron chi connectivity index (χ4n) is 9.35. The Morgan fingerprint density at radius 1 is 0.200 bits per heavy atom. The molecule has 2 aliphatic carbocycles. The van der Waals surface area contributed by atoms with Gasteiger partial charge in [0.25, 0.3) is 0 Å². The van der Waals surface area contributed by atoms with E-state index < -0.39 is 0 Å². The molecule has 50 heavy (non-hydrogen) atoms. The van der Waals surface area contributed by atoms with E-state index in [0.29, 0.717) is 0 Å². The molecule has 0 fully saturated rings. The van der Waals surface area contributed by atoms with Gasteiger partial charge in [0.1, 0.15) is 0 Å². The predicted molar refractivity (Wildman–Crippen MR) is 214 cm³/mol. The molecule has 0 saturated carbocycles. The highest BCUT2D eigenvalue weighted by molar-refractivity contribution is 6.31. The third-order valence-corrected chi connectivity index (χ3v) is 11.4. The Bertz CT molecular complexity index is 2890. The molecule has 0 heterocycles. The van der Waals surface area contributed by atoms with Gasteiger partial charge >= 0.3 is 0 Å². The van der Waals surface area contributed by atoms with E-state index >= 15 is 0 Å². The highest BCUT2D eigenvalue weighted by atomic mass is 14.3. The van der Waals surface area contributed by atoms with Crippen molar-refractivity contribution in [1.29, 1.82) is 0 Å². The van der Waals surface area contributed by atoms with Crippen LogP contribution in [0.1, 0.15) is 0 Å². The van der Waals surface area contributed by atoms with Crippen molar-refractivity contribution in [3.05, 3.63) is 170 Å². The van der Waals surface area contributed by atoms with Gasteiger partial charge in [-0.25, -0.2) is 0 Å². The zero-order chi connectivity index (χ0) is 32.5. The zero-order valence-electron chi connectivity index (χ0n) is 27.2. The number of rotatable bonds is 2. The van der Waals surface area contributed by atoms with Crippen molar-refractivity contribution in [1.82, 2.24) is 0 Å². The first-order chi connectivity index (χ1) is 24.8. The molecule has 12 rings (SSSR count). The van der Waals surface area contributed by atoms with Crippen LogP contribution < -0.4 is 0 Å². The van der Waals surface area contributed by atoms with Crippen LogP contribution in [0.25, 0.3) is 121 Å². The van der Waals surface area contributed by atoms with Crippen LogP contribution in [0.5, 0.6) is 0 Å². The Morgan fingerprint density at radius 3 is 0.920 bits per heavy atom. The molecule has 0 amide bonds. The van der Waals surface area contributed by atoms with Crippen LogP contribution in [0.3, 0.4) is 0 Å². The topological polar surface area (TPSA) is 0 Å². The largest absolute Gasteiger partial charge is 0.0622 e. The van der Waals surface area contributed by atoms with Gasteiger partial charge in [0.15, 0.2) is 0 Å². The Morgan fingerprint density at radius 2 is 0.540 bits per heavy atom. The van der Waals surface area contributed by atoms with E-state index in [0.717, 1.165) is 0 Å². The molecule has 228 valence electrons. The van der Waals surface area contributed by atoms with E-state index in [1.165, 1.54) is 121 Å². The number of hydrogen-bond acceptors (Lipinski definition) is 0. The van der Waals surface area contributed by atoms with Crippen molar-refractivity contribution in [3.63, 3.8) is 0 Å². The minimum atomic E-state index is 1.24. The van der Waals surface area contributed by atoms with Gasteiger partial charge in [-0.05, 0) is 157 Å². The second kappa shape index (κ2) is 9.56. The quantitative estimate of drug-likeness (QED) is 0.167. The average molecular weight is 629 g/mol. The van der Waals surface area contributed by atoms with Crippen LogP contribution in [-0.4, -0.2) is 0 Å². The molecule has 2 aliphatic rings. The Hall–Kier alpha value is -6.50. The molecule has 0 heteroatoms. The van der Waals surface area contributed by atoms with Crippen molar-refractivity contribution in [2.75, 3.05) is 0 Å². The molecule has 10 aromatic rings. The lowest BCUT2D eigenvalue weighted by Gasteiger charge is -2.20. The maximum atomic E-state index is 2.50. The number of benzene rings is 10. The van der Waals surface area contributed by atoms with Gasteiger partial charge in [0, 0.05) is 0 Å². The van der Waals surface area contributed by atoms with Crippen molar-refractivity contribution in [2.24, 2.45) is 0 Å². The standard InChI is InChI=1S/C50H28/c1-3-11-29(12-4-1)39-23-33-25-43-35-19-7-15-31-18-10-22-38(47(31)35)46(43)28-42(33)50-40(30-13-5-2-6-14-30)24-34-26-44-36-20-8-16-32-17-9-21-37(48(32)36)45(44)27-41(34)49(39)50/h1-28H. The summed E-state index contributed by atoms with van der Waals surface area (Å²) in [5.41, 5.74) is 15.7. The second-order valence-electron chi connectivity index (χ2n) is 14.0. The molecular formula is C50H28. The molecular weight excluding hydrogens is 601 g/mol. The highest BCUT2D eigenvalue weighted by Gasteiger charge is 2.26. The zero-order valence-corrected chi connectivity index (χ0v) is 27.2. The third-order valence-electron chi connectivity index (χ3n) is 11.4. The van der Waals surface area contributed by atoms with Crippen LogP contribution in [0, 0.1) is 0 Å². The third kappa shape index (κ3) is 3.40. The maximum Gasteiger partial charge on any atom is -0.00139 e. The average Bonchev–Trinajstić information content (AvgIpc) is 3.67. The minimum Gasteiger partial charge on any atom is -0.0622 e. The summed E-state index contributed by atoms with van der Waals surface area (Å²) < 4.78 is 0. The Kier molecular flexibility index (Phi) is 5.06. The minimum absolute atomic E-state index is 1.24. The van der Waals surface area contributed by atoms with E-state index in [4.69, 9.17) is 0 Å². The lowest BCUT2D eigenvalue weighted by atomic mass is 9.83. The molecule has 0 saturated heterocycles. The van der Waals surface area contributed by atoms with Gasteiger partial charge in [-0.1, -0.05) is 133 Å². The molecule has 0 unspecified atom stereocenters. The summed E-state index contributed by atoms with van der Waals surface area (Å²) in [6, 6.07) is 63.9. The Balaban J connectivity index is 1.30. The first-order valence-corrected chi connectivity index (χ1v) is 17.5. The van der Waals surface area contributed by atoms with Crippen LogP contribution in [0.15, 0.2) is 170 Å². The molecule has 0 N–H and O–H groups in total. The lowest BCUT2D eigenvalue weighted by molar-refractivity contribution is 1.65. The summed E-state index contributed by atoms with van der Waals surface area (Å²) in [6.45, 7) is 0. The fourth-order valence-corrected chi connectivity index (χ4v) is 9.35. The van der Waals surface area contributed by atoms with Crippen LogP contribution in [0.2, 0.25) is 0 Å². The number of hydrogen-bond donors (Lipinski definition) is 0. The highest BCUT2D eigenvalue weighted by Crippen LogP contribution is 2.54. The van der Waals surface area contributed by atoms with Gasteiger partial charge in [-0.2, -0.15) is 0 Å². The molecule has 0 nitrogen and oxygen atoms in total. The van der Waals surface area contributed by atoms with Crippen LogP contribution >= 0.6 is 0 Å². The summed E-state index contributed by atoms with van der Waals surface area (Å²) >= 11 is 0. The van der Waals surface area contributed by atoms with Gasteiger partial charge in [0.05, 0.1) is 0 Å². The van der Waals surface area contributed by atoms with E-state index in [9.17, 15) is 0 Å². The van der Waals surface area contributed by atoms with E-state index in [1.807, 2.05) is 0 Å². The predicted octanol–water partition coefficient (Wildman–Crippen LogP) is 14.1. The summed E-state index contributed by atoms with van der Waals surface area (Å²) in [5.74, 6) is 0. The normalized spacial score (nSPS) is 12.4. The van der Waals surface area contributed by atoms with Crippen molar-refractivity contribution >= 4 is 53.9 Å². The molecule has 0 bridgehead atoms. The SMILES string of the molecule is c1ccc(-c2cc3cc4c(cc3c3c(-c5ccccc5)cc5cc6c(cc5c23)-c2cccc3cccc-6c23)-c2cccc3cccc-4c23)cc1. The monoisotopic (exact) mass is 628 g/mol. The van der Waals surface area contributed by atoms with Gasteiger partial charge in [-0.15, -0.1) is 0 Å². The molecule has 0 atom stereocenters.